The average molecular weight is 235 g/mol. The molecule has 0 spiro atoms. The summed E-state index contributed by atoms with van der Waals surface area (Å²) in [5.74, 6) is 0.395. The maximum absolute atomic E-state index is 11.8. The molecule has 1 aromatic carbocycles. The number of para-hydroxylation sites is 2. The van der Waals surface area contributed by atoms with Gasteiger partial charge >= 0.3 is 5.97 Å². The molecule has 4 nitrogen and oxygen atoms in total. The Balaban J connectivity index is 2.00. The van der Waals surface area contributed by atoms with Crippen LogP contribution in [0.1, 0.15) is 20.3 Å². The standard InChI is InChI=1S/C13H17NO3/c1-3-9(2)16-13(15)12-8-14-10-6-4-5-7-11(10)17-12/h4-7,9,12,14H,3,8H2,1-2H3. The van der Waals surface area contributed by atoms with Gasteiger partial charge in [-0.3, -0.25) is 0 Å². The van der Waals surface area contributed by atoms with E-state index >= 15 is 0 Å². The molecule has 0 fully saturated rings. The summed E-state index contributed by atoms with van der Waals surface area (Å²) in [5.41, 5.74) is 0.917. The molecule has 1 aromatic rings. The highest BCUT2D eigenvalue weighted by molar-refractivity contribution is 5.77. The van der Waals surface area contributed by atoms with Crippen molar-refractivity contribution in [2.24, 2.45) is 0 Å². The molecule has 17 heavy (non-hydrogen) atoms. The van der Waals surface area contributed by atoms with Crippen LogP contribution in [-0.2, 0) is 9.53 Å². The van der Waals surface area contributed by atoms with Gasteiger partial charge in [-0.1, -0.05) is 19.1 Å². The number of carbonyl (C=O) groups is 1. The van der Waals surface area contributed by atoms with Crippen LogP contribution in [0, 0.1) is 0 Å². The topological polar surface area (TPSA) is 47.6 Å². The van der Waals surface area contributed by atoms with Crippen LogP contribution in [0.4, 0.5) is 5.69 Å². The highest BCUT2D eigenvalue weighted by Crippen LogP contribution is 2.28. The number of fused-ring (bicyclic) bond motifs is 1. The Labute approximate surface area is 101 Å². The van der Waals surface area contributed by atoms with Crippen LogP contribution < -0.4 is 10.1 Å². The van der Waals surface area contributed by atoms with Crippen LogP contribution in [0.25, 0.3) is 0 Å². The maximum Gasteiger partial charge on any atom is 0.349 e. The van der Waals surface area contributed by atoms with Gasteiger partial charge < -0.3 is 14.8 Å². The minimum atomic E-state index is -0.557. The first-order valence-electron chi connectivity index (χ1n) is 5.90. The number of ether oxygens (including phenoxy) is 2. The second-order valence-corrected chi connectivity index (χ2v) is 4.14. The second-order valence-electron chi connectivity index (χ2n) is 4.14. The Morgan fingerprint density at radius 2 is 2.35 bits per heavy atom. The Hall–Kier alpha value is -1.71. The molecule has 2 rings (SSSR count). The molecule has 2 unspecified atom stereocenters. The van der Waals surface area contributed by atoms with E-state index in [1.807, 2.05) is 38.1 Å². The highest BCUT2D eigenvalue weighted by Gasteiger charge is 2.27. The van der Waals surface area contributed by atoms with E-state index in [1.54, 1.807) is 0 Å². The van der Waals surface area contributed by atoms with E-state index in [9.17, 15) is 4.79 Å². The van der Waals surface area contributed by atoms with Gasteiger partial charge in [0.1, 0.15) is 5.75 Å². The van der Waals surface area contributed by atoms with Gasteiger partial charge in [-0.25, -0.2) is 4.79 Å². The van der Waals surface area contributed by atoms with Crippen molar-refractivity contribution in [3.05, 3.63) is 24.3 Å². The average Bonchev–Trinajstić information content (AvgIpc) is 2.38. The van der Waals surface area contributed by atoms with E-state index in [4.69, 9.17) is 9.47 Å². The molecule has 0 amide bonds. The minimum Gasteiger partial charge on any atom is -0.475 e. The number of rotatable bonds is 3. The molecule has 92 valence electrons. The smallest absolute Gasteiger partial charge is 0.349 e. The number of benzene rings is 1. The summed E-state index contributed by atoms with van der Waals surface area (Å²) in [7, 11) is 0. The minimum absolute atomic E-state index is 0.0664. The fourth-order valence-corrected chi connectivity index (χ4v) is 1.60. The van der Waals surface area contributed by atoms with Gasteiger partial charge in [-0.2, -0.15) is 0 Å². The molecule has 1 aliphatic heterocycles. The van der Waals surface area contributed by atoms with Crippen LogP contribution in [0.15, 0.2) is 24.3 Å². The summed E-state index contributed by atoms with van der Waals surface area (Å²) in [4.78, 5) is 11.8. The molecule has 4 heteroatoms. The summed E-state index contributed by atoms with van der Waals surface area (Å²) in [6.45, 7) is 4.31. The van der Waals surface area contributed by atoms with Gasteiger partial charge in [-0.05, 0) is 25.5 Å². The van der Waals surface area contributed by atoms with Crippen LogP contribution in [0.3, 0.4) is 0 Å². The normalized spacial score (nSPS) is 19.5. The van der Waals surface area contributed by atoms with Crippen molar-refractivity contribution in [1.29, 1.82) is 0 Å². The molecule has 1 aliphatic rings. The van der Waals surface area contributed by atoms with E-state index in [2.05, 4.69) is 5.32 Å². The summed E-state index contributed by atoms with van der Waals surface area (Å²) in [6, 6.07) is 7.56. The van der Waals surface area contributed by atoms with Gasteiger partial charge in [0.25, 0.3) is 0 Å². The fraction of sp³-hybridized carbons (Fsp3) is 0.462. The molecule has 0 radical (unpaired) electrons. The molecule has 0 saturated carbocycles. The molecular formula is C13H17NO3. The lowest BCUT2D eigenvalue weighted by atomic mass is 10.2. The monoisotopic (exact) mass is 235 g/mol. The molecule has 1 heterocycles. The van der Waals surface area contributed by atoms with Crippen molar-refractivity contribution in [2.45, 2.75) is 32.5 Å². The number of hydrogen-bond acceptors (Lipinski definition) is 4. The zero-order chi connectivity index (χ0) is 12.3. The Morgan fingerprint density at radius 3 is 3.12 bits per heavy atom. The van der Waals surface area contributed by atoms with Crippen molar-refractivity contribution in [3.63, 3.8) is 0 Å². The summed E-state index contributed by atoms with van der Waals surface area (Å²) in [6.07, 6.45) is 0.185. The van der Waals surface area contributed by atoms with E-state index < -0.39 is 6.10 Å². The van der Waals surface area contributed by atoms with E-state index in [-0.39, 0.29) is 12.1 Å². The molecule has 0 aromatic heterocycles. The summed E-state index contributed by atoms with van der Waals surface area (Å²) < 4.78 is 10.9. The lowest BCUT2D eigenvalue weighted by molar-refractivity contribution is -0.156. The van der Waals surface area contributed by atoms with Gasteiger partial charge in [0, 0.05) is 0 Å². The third kappa shape index (κ3) is 2.70. The van der Waals surface area contributed by atoms with Crippen LogP contribution >= 0.6 is 0 Å². The lowest BCUT2D eigenvalue weighted by Gasteiger charge is -2.26. The van der Waals surface area contributed by atoms with Crippen molar-refractivity contribution in [2.75, 3.05) is 11.9 Å². The quantitative estimate of drug-likeness (QED) is 0.816. The molecular weight excluding hydrogens is 218 g/mol. The van der Waals surface area contributed by atoms with E-state index in [0.29, 0.717) is 12.3 Å². The van der Waals surface area contributed by atoms with Crippen LogP contribution in [-0.4, -0.2) is 24.7 Å². The lowest BCUT2D eigenvalue weighted by Crippen LogP contribution is -2.40. The van der Waals surface area contributed by atoms with Gasteiger partial charge in [-0.15, -0.1) is 0 Å². The number of esters is 1. The largest absolute Gasteiger partial charge is 0.475 e. The first-order valence-corrected chi connectivity index (χ1v) is 5.90. The van der Waals surface area contributed by atoms with Crippen molar-refractivity contribution in [3.8, 4) is 5.75 Å². The summed E-state index contributed by atoms with van der Waals surface area (Å²) >= 11 is 0. The van der Waals surface area contributed by atoms with Gasteiger partial charge in [0.05, 0.1) is 18.3 Å². The second kappa shape index (κ2) is 5.08. The van der Waals surface area contributed by atoms with Crippen molar-refractivity contribution >= 4 is 11.7 Å². The van der Waals surface area contributed by atoms with Crippen LogP contribution in [0.5, 0.6) is 5.75 Å². The highest BCUT2D eigenvalue weighted by atomic mass is 16.6. The molecule has 1 N–H and O–H groups in total. The molecule has 0 saturated heterocycles. The molecule has 2 atom stereocenters. The first-order chi connectivity index (χ1) is 8.20. The third-order valence-corrected chi connectivity index (χ3v) is 2.79. The number of carbonyl (C=O) groups excluding carboxylic acids is 1. The zero-order valence-corrected chi connectivity index (χ0v) is 10.1. The van der Waals surface area contributed by atoms with Crippen LogP contribution in [0.2, 0.25) is 0 Å². The first kappa shape index (κ1) is 11.8. The van der Waals surface area contributed by atoms with E-state index in [1.165, 1.54) is 0 Å². The zero-order valence-electron chi connectivity index (χ0n) is 10.1. The molecule has 0 aliphatic carbocycles. The SMILES string of the molecule is CCC(C)OC(=O)C1CNc2ccccc2O1. The summed E-state index contributed by atoms with van der Waals surface area (Å²) in [5, 5.41) is 3.16. The maximum atomic E-state index is 11.8. The Morgan fingerprint density at radius 1 is 1.59 bits per heavy atom. The van der Waals surface area contributed by atoms with Crippen molar-refractivity contribution in [1.82, 2.24) is 0 Å². The Bertz CT molecular complexity index is 405. The predicted octanol–water partition coefficient (Wildman–Crippen LogP) is 2.20. The fourth-order valence-electron chi connectivity index (χ4n) is 1.60. The van der Waals surface area contributed by atoms with Gasteiger partial charge in [0.15, 0.2) is 0 Å². The van der Waals surface area contributed by atoms with Crippen molar-refractivity contribution < 1.29 is 14.3 Å². The predicted molar refractivity (Wildman–Crippen MR) is 65.2 cm³/mol. The Kier molecular flexibility index (Phi) is 3.52. The number of anilines is 1. The van der Waals surface area contributed by atoms with E-state index in [0.717, 1.165) is 12.1 Å². The molecule has 0 bridgehead atoms. The third-order valence-electron chi connectivity index (χ3n) is 2.79. The number of hydrogen-bond donors (Lipinski definition) is 1. The van der Waals surface area contributed by atoms with Gasteiger partial charge in [0.2, 0.25) is 6.10 Å². The number of nitrogens with one attached hydrogen (secondary N) is 1.